The monoisotopic (exact) mass is 449 g/mol. The van der Waals surface area contributed by atoms with Crippen LogP contribution in [0, 0.1) is 5.92 Å². The third-order valence-electron chi connectivity index (χ3n) is 4.31. The molecule has 0 radical (unpaired) electrons. The minimum Gasteiger partial charge on any atom is -0.455 e. The molecule has 10 heteroatoms. The van der Waals surface area contributed by atoms with Gasteiger partial charge in [0.2, 0.25) is 5.91 Å². The van der Waals surface area contributed by atoms with Crippen molar-refractivity contribution in [2.45, 2.75) is 6.42 Å². The van der Waals surface area contributed by atoms with E-state index >= 15 is 0 Å². The first kappa shape index (κ1) is 21.6. The molecule has 0 aromatic heterocycles. The van der Waals surface area contributed by atoms with Gasteiger partial charge in [-0.2, -0.15) is 0 Å². The molecule has 1 saturated heterocycles. The Balaban J connectivity index is 1.50. The maximum absolute atomic E-state index is 12.3. The van der Waals surface area contributed by atoms with E-state index in [1.54, 1.807) is 42.5 Å². The number of nitrogens with one attached hydrogen (secondary N) is 2. The Kier molecular flexibility index (Phi) is 6.91. The zero-order valence-electron chi connectivity index (χ0n) is 15.6. The first-order valence-corrected chi connectivity index (χ1v) is 9.67. The van der Waals surface area contributed by atoms with E-state index in [9.17, 15) is 19.2 Å². The number of carbonyl (C=O) groups excluding carboxylic acids is 4. The molecule has 1 heterocycles. The summed E-state index contributed by atoms with van der Waals surface area (Å²) in [4.78, 5) is 48.6. The molecular formula is C20H17Cl2N3O5. The summed E-state index contributed by atoms with van der Waals surface area (Å²) < 4.78 is 5.00. The van der Waals surface area contributed by atoms with Crippen molar-refractivity contribution in [1.29, 1.82) is 0 Å². The van der Waals surface area contributed by atoms with Crippen molar-refractivity contribution in [3.05, 3.63) is 64.1 Å². The largest absolute Gasteiger partial charge is 0.455 e. The molecule has 2 aromatic rings. The zero-order valence-corrected chi connectivity index (χ0v) is 17.1. The number of carbonyl (C=O) groups is 4. The number of hydrogen-bond acceptors (Lipinski definition) is 5. The Labute approximate surface area is 182 Å². The van der Waals surface area contributed by atoms with Crippen LogP contribution in [0.1, 0.15) is 16.8 Å². The van der Waals surface area contributed by atoms with Crippen molar-refractivity contribution < 1.29 is 23.9 Å². The van der Waals surface area contributed by atoms with Crippen molar-refractivity contribution in [3.8, 4) is 0 Å². The number of hydrazine groups is 1. The maximum Gasteiger partial charge on any atom is 0.311 e. The molecule has 0 aliphatic carbocycles. The second kappa shape index (κ2) is 9.60. The van der Waals surface area contributed by atoms with E-state index in [1.165, 1.54) is 6.07 Å². The second-order valence-corrected chi connectivity index (χ2v) is 7.28. The van der Waals surface area contributed by atoms with Gasteiger partial charge in [-0.3, -0.25) is 29.6 Å². The molecule has 1 aliphatic heterocycles. The predicted molar refractivity (Wildman–Crippen MR) is 110 cm³/mol. The van der Waals surface area contributed by atoms with Crippen molar-refractivity contribution in [2.75, 3.05) is 18.5 Å². The lowest BCUT2D eigenvalue weighted by molar-refractivity contribution is -0.151. The van der Waals surface area contributed by atoms with E-state index in [4.69, 9.17) is 27.9 Å². The number of amides is 3. The highest BCUT2D eigenvalue weighted by Gasteiger charge is 2.37. The molecule has 3 amide bonds. The van der Waals surface area contributed by atoms with Crippen LogP contribution >= 0.6 is 23.2 Å². The molecule has 30 heavy (non-hydrogen) atoms. The van der Waals surface area contributed by atoms with Crippen molar-refractivity contribution in [2.24, 2.45) is 5.92 Å². The van der Waals surface area contributed by atoms with E-state index in [0.29, 0.717) is 10.7 Å². The molecule has 1 fully saturated rings. The third-order valence-corrected chi connectivity index (χ3v) is 4.97. The molecule has 0 spiro atoms. The van der Waals surface area contributed by atoms with Crippen LogP contribution in [0.15, 0.2) is 48.5 Å². The van der Waals surface area contributed by atoms with Crippen LogP contribution in [0.3, 0.4) is 0 Å². The van der Waals surface area contributed by atoms with Gasteiger partial charge >= 0.3 is 5.97 Å². The molecule has 0 unspecified atom stereocenters. The highest BCUT2D eigenvalue weighted by atomic mass is 35.5. The first-order chi connectivity index (χ1) is 14.3. The maximum atomic E-state index is 12.3. The quantitative estimate of drug-likeness (QED) is 0.659. The van der Waals surface area contributed by atoms with Crippen molar-refractivity contribution in [3.63, 3.8) is 0 Å². The lowest BCUT2D eigenvalue weighted by Crippen LogP contribution is -2.43. The number of hydrogen-bond donors (Lipinski definition) is 2. The number of rotatable bonds is 6. The van der Waals surface area contributed by atoms with E-state index in [-0.39, 0.29) is 23.6 Å². The Hall–Kier alpha value is -3.10. The SMILES string of the molecule is O=C(COC(=O)[C@H]1CC(=O)N(NC(=O)c2ccccc2Cl)C1)Nc1ccccc1Cl. The predicted octanol–water partition coefficient (Wildman–Crippen LogP) is 2.67. The van der Waals surface area contributed by atoms with E-state index < -0.39 is 36.2 Å². The number of esters is 1. The van der Waals surface area contributed by atoms with Crippen molar-refractivity contribution >= 4 is 52.6 Å². The molecule has 0 bridgehead atoms. The summed E-state index contributed by atoms with van der Waals surface area (Å²) in [5.74, 6) is -3.10. The minimum atomic E-state index is -0.808. The van der Waals surface area contributed by atoms with E-state index in [0.717, 1.165) is 5.01 Å². The number of anilines is 1. The van der Waals surface area contributed by atoms with E-state index in [1.807, 2.05) is 0 Å². The van der Waals surface area contributed by atoms with E-state index in [2.05, 4.69) is 10.7 Å². The average Bonchev–Trinajstić information content (AvgIpc) is 3.08. The van der Waals surface area contributed by atoms with Crippen molar-refractivity contribution in [1.82, 2.24) is 10.4 Å². The van der Waals surface area contributed by atoms with Gasteiger partial charge in [0.05, 0.1) is 33.8 Å². The van der Waals surface area contributed by atoms with Crippen LogP contribution in [0.2, 0.25) is 10.0 Å². The van der Waals surface area contributed by atoms with Crippen LogP contribution < -0.4 is 10.7 Å². The van der Waals surface area contributed by atoms with Gasteiger partial charge in [-0.15, -0.1) is 0 Å². The van der Waals surface area contributed by atoms with Crippen LogP contribution in [-0.2, 0) is 19.1 Å². The Bertz CT molecular complexity index is 998. The molecule has 2 N–H and O–H groups in total. The van der Waals surface area contributed by atoms with Gasteiger partial charge in [-0.05, 0) is 24.3 Å². The second-order valence-electron chi connectivity index (χ2n) is 6.46. The number of nitrogens with zero attached hydrogens (tertiary/aromatic N) is 1. The Morgan fingerprint density at radius 2 is 1.70 bits per heavy atom. The Morgan fingerprint density at radius 1 is 1.03 bits per heavy atom. The van der Waals surface area contributed by atoms with Gasteiger partial charge in [-0.25, -0.2) is 0 Å². The lowest BCUT2D eigenvalue weighted by Gasteiger charge is -2.18. The lowest BCUT2D eigenvalue weighted by atomic mass is 10.1. The number of benzene rings is 2. The normalized spacial score (nSPS) is 15.6. The summed E-state index contributed by atoms with van der Waals surface area (Å²) in [5, 5.41) is 4.16. The fourth-order valence-electron chi connectivity index (χ4n) is 2.81. The zero-order chi connectivity index (χ0) is 21.7. The Morgan fingerprint density at radius 3 is 2.40 bits per heavy atom. The minimum absolute atomic E-state index is 0.0695. The number of ether oxygens (including phenoxy) is 1. The smallest absolute Gasteiger partial charge is 0.311 e. The topological polar surface area (TPSA) is 105 Å². The molecule has 1 aliphatic rings. The van der Waals surface area contributed by atoms with Gasteiger partial charge in [-0.1, -0.05) is 47.5 Å². The summed E-state index contributed by atoms with van der Waals surface area (Å²) >= 11 is 11.9. The summed E-state index contributed by atoms with van der Waals surface area (Å²) in [6, 6.07) is 13.0. The fraction of sp³-hybridized carbons (Fsp3) is 0.200. The summed E-state index contributed by atoms with van der Waals surface area (Å²) in [6.07, 6.45) is -0.145. The van der Waals surface area contributed by atoms with Crippen LogP contribution in [0.4, 0.5) is 5.69 Å². The highest BCUT2D eigenvalue weighted by molar-refractivity contribution is 6.34. The first-order valence-electron chi connectivity index (χ1n) is 8.92. The van der Waals surface area contributed by atoms with Crippen LogP contribution in [0.5, 0.6) is 0 Å². The molecule has 8 nitrogen and oxygen atoms in total. The third kappa shape index (κ3) is 5.28. The number of halogens is 2. The number of para-hydroxylation sites is 1. The summed E-state index contributed by atoms with van der Waals surface area (Å²) in [7, 11) is 0. The van der Waals surface area contributed by atoms with Gasteiger partial charge in [0.15, 0.2) is 6.61 Å². The molecule has 2 aromatic carbocycles. The molecule has 0 saturated carbocycles. The highest BCUT2D eigenvalue weighted by Crippen LogP contribution is 2.21. The van der Waals surface area contributed by atoms with Crippen LogP contribution in [0.25, 0.3) is 0 Å². The molecule has 1 atom stereocenters. The van der Waals surface area contributed by atoms with Gasteiger partial charge in [0.1, 0.15) is 0 Å². The van der Waals surface area contributed by atoms with Gasteiger partial charge < -0.3 is 10.1 Å². The molecule has 3 rings (SSSR count). The molecular weight excluding hydrogens is 433 g/mol. The summed E-state index contributed by atoms with van der Waals surface area (Å²) in [5.41, 5.74) is 3.03. The fourth-order valence-corrected chi connectivity index (χ4v) is 3.21. The van der Waals surface area contributed by atoms with Crippen LogP contribution in [-0.4, -0.2) is 41.9 Å². The average molecular weight is 450 g/mol. The van der Waals surface area contributed by atoms with Gasteiger partial charge in [0.25, 0.3) is 11.8 Å². The van der Waals surface area contributed by atoms with Gasteiger partial charge in [0, 0.05) is 6.42 Å². The summed E-state index contributed by atoms with van der Waals surface area (Å²) in [6.45, 7) is -0.597. The molecule has 156 valence electrons. The standard InChI is InChI=1S/C20H17Cl2N3O5/c21-14-6-2-1-5-13(14)19(28)24-25-10-12(9-18(25)27)20(29)30-11-17(26)23-16-8-4-3-7-15(16)22/h1-8,12H,9-11H2,(H,23,26)(H,24,28)/t12-/m0/s1.